The van der Waals surface area contributed by atoms with Gasteiger partial charge in [0.25, 0.3) is 5.91 Å². The third-order valence-corrected chi connectivity index (χ3v) is 8.96. The van der Waals surface area contributed by atoms with E-state index in [1.54, 1.807) is 0 Å². The average molecular weight is 617 g/mol. The van der Waals surface area contributed by atoms with Crippen molar-refractivity contribution in [3.63, 3.8) is 0 Å². The number of nitriles is 1. The van der Waals surface area contributed by atoms with Crippen molar-refractivity contribution in [1.82, 2.24) is 19.8 Å². The smallest absolute Gasteiger partial charge is 0.318 e. The number of anilines is 2. The molecule has 1 amide bonds. The minimum atomic E-state index is -1.03. The lowest BCUT2D eigenvalue weighted by Gasteiger charge is -2.43. The number of fused-ring (bicyclic) bond motifs is 1. The first-order valence-corrected chi connectivity index (χ1v) is 14.9. The van der Waals surface area contributed by atoms with Gasteiger partial charge in [-0.15, -0.1) is 0 Å². The molecule has 2 fully saturated rings. The second-order valence-electron chi connectivity index (χ2n) is 11.9. The molecule has 42 heavy (non-hydrogen) atoms. The molecule has 1 aromatic carbocycles. The molecule has 2 atom stereocenters. The second-order valence-corrected chi connectivity index (χ2v) is 12.7. The molecule has 0 spiro atoms. The Morgan fingerprint density at radius 1 is 1.26 bits per heavy atom. The Balaban J connectivity index is 1.49. The SMILES string of the molecule is C=C(F)C(=O)N1CCN(c2nc(OCC3(CN(C)C)CC3)nc3c2C[C@@H](C)N(c2c(Cl)cccc2Cl)C3)CC1CC#N. The van der Waals surface area contributed by atoms with Crippen LogP contribution < -0.4 is 14.5 Å². The lowest BCUT2D eigenvalue weighted by molar-refractivity contribution is -0.131. The summed E-state index contributed by atoms with van der Waals surface area (Å²) in [6.45, 7) is 8.16. The summed E-state index contributed by atoms with van der Waals surface area (Å²) in [4.78, 5) is 30.1. The zero-order valence-electron chi connectivity index (χ0n) is 24.2. The average Bonchev–Trinajstić information content (AvgIpc) is 3.70. The van der Waals surface area contributed by atoms with Crippen LogP contribution in [-0.4, -0.2) is 84.6 Å². The third-order valence-electron chi connectivity index (χ3n) is 8.35. The number of ether oxygens (including phenoxy) is 1. The maximum absolute atomic E-state index is 13.8. The number of aromatic nitrogens is 2. The zero-order chi connectivity index (χ0) is 30.2. The first-order valence-electron chi connectivity index (χ1n) is 14.2. The standard InChI is InChI=1S/C30H36Cl2FN7O2/c1-19-14-22-25(16-40(19)26-23(31)6-5-7-24(26)32)35-29(42-18-30(9-10-30)17-37(3)4)36-27(22)38-12-13-39(28(41)20(2)33)21(15-38)8-11-34/h5-7,19,21H,2,8-10,12-18H2,1,3-4H3/t19-,21?/m1/s1. The highest BCUT2D eigenvalue weighted by Gasteiger charge is 2.44. The van der Waals surface area contributed by atoms with Crippen molar-refractivity contribution >= 4 is 40.6 Å². The third kappa shape index (κ3) is 6.29. The highest BCUT2D eigenvalue weighted by atomic mass is 35.5. The van der Waals surface area contributed by atoms with E-state index in [0.29, 0.717) is 48.7 Å². The van der Waals surface area contributed by atoms with E-state index in [4.69, 9.17) is 37.9 Å². The lowest BCUT2D eigenvalue weighted by Crippen LogP contribution is -2.56. The molecule has 1 aliphatic carbocycles. The Kier molecular flexibility index (Phi) is 8.83. The van der Waals surface area contributed by atoms with Crippen LogP contribution in [0.2, 0.25) is 10.0 Å². The molecule has 12 heteroatoms. The summed E-state index contributed by atoms with van der Waals surface area (Å²) in [5, 5.41) is 10.6. The molecule has 3 heterocycles. The van der Waals surface area contributed by atoms with Crippen LogP contribution >= 0.6 is 23.2 Å². The topological polar surface area (TPSA) is 88.8 Å². The number of piperazine rings is 1. The Labute approximate surface area is 256 Å². The summed E-state index contributed by atoms with van der Waals surface area (Å²) >= 11 is 13.2. The van der Waals surface area contributed by atoms with Gasteiger partial charge >= 0.3 is 6.01 Å². The fraction of sp³-hybridized carbons (Fsp3) is 0.533. The van der Waals surface area contributed by atoms with Crippen molar-refractivity contribution in [2.24, 2.45) is 5.41 Å². The molecule has 1 saturated carbocycles. The van der Waals surface area contributed by atoms with Crippen LogP contribution in [0.1, 0.15) is 37.4 Å². The number of amides is 1. The number of halogens is 3. The number of benzene rings is 1. The zero-order valence-corrected chi connectivity index (χ0v) is 25.8. The van der Waals surface area contributed by atoms with Crippen LogP contribution in [-0.2, 0) is 17.8 Å². The van der Waals surface area contributed by atoms with Gasteiger partial charge in [-0.05, 0) is 52.4 Å². The van der Waals surface area contributed by atoms with Gasteiger partial charge < -0.3 is 24.3 Å². The van der Waals surface area contributed by atoms with Crippen LogP contribution in [0.15, 0.2) is 30.6 Å². The molecule has 5 rings (SSSR count). The van der Waals surface area contributed by atoms with Crippen LogP contribution in [0.3, 0.4) is 0 Å². The van der Waals surface area contributed by atoms with Crippen LogP contribution in [0.25, 0.3) is 0 Å². The number of nitrogens with zero attached hydrogens (tertiary/aromatic N) is 7. The fourth-order valence-electron chi connectivity index (χ4n) is 6.11. The predicted octanol–water partition coefficient (Wildman–Crippen LogP) is 4.87. The van der Waals surface area contributed by atoms with Gasteiger partial charge in [0, 0.05) is 43.2 Å². The number of rotatable bonds is 9. The number of para-hydroxylation sites is 1. The van der Waals surface area contributed by atoms with E-state index >= 15 is 0 Å². The molecule has 2 aromatic rings. The second kappa shape index (κ2) is 12.2. The number of hydrogen-bond donors (Lipinski definition) is 0. The number of carbonyl (C=O) groups excluding carboxylic acids is 1. The molecule has 0 radical (unpaired) electrons. The van der Waals surface area contributed by atoms with E-state index in [-0.39, 0.29) is 24.4 Å². The van der Waals surface area contributed by atoms with Gasteiger partial charge in [-0.25, -0.2) is 4.39 Å². The normalized spacial score (nSPS) is 21.1. The highest BCUT2D eigenvalue weighted by molar-refractivity contribution is 6.39. The first kappa shape index (κ1) is 30.3. The molecule has 1 unspecified atom stereocenters. The predicted molar refractivity (Wildman–Crippen MR) is 162 cm³/mol. The summed E-state index contributed by atoms with van der Waals surface area (Å²) in [6.07, 6.45) is 2.87. The molecular weight excluding hydrogens is 580 g/mol. The van der Waals surface area contributed by atoms with Crippen LogP contribution in [0.4, 0.5) is 15.9 Å². The minimum absolute atomic E-state index is 0.0338. The van der Waals surface area contributed by atoms with E-state index in [1.165, 1.54) is 4.90 Å². The van der Waals surface area contributed by atoms with Crippen LogP contribution in [0, 0.1) is 16.7 Å². The van der Waals surface area contributed by atoms with Crippen LogP contribution in [0.5, 0.6) is 6.01 Å². The van der Waals surface area contributed by atoms with Crippen molar-refractivity contribution in [2.45, 2.75) is 51.2 Å². The van der Waals surface area contributed by atoms with Gasteiger partial charge in [0.2, 0.25) is 0 Å². The van der Waals surface area contributed by atoms with E-state index in [1.807, 2.05) is 18.2 Å². The summed E-state index contributed by atoms with van der Waals surface area (Å²) in [6, 6.07) is 7.44. The number of carbonyl (C=O) groups is 1. The molecule has 3 aliphatic rings. The Bertz CT molecular complexity index is 1390. The maximum atomic E-state index is 13.8. The molecule has 0 N–H and O–H groups in total. The lowest BCUT2D eigenvalue weighted by atomic mass is 9.97. The van der Waals surface area contributed by atoms with Gasteiger partial charge in [-0.1, -0.05) is 35.8 Å². The van der Waals surface area contributed by atoms with E-state index in [2.05, 4.69) is 48.4 Å². The molecule has 9 nitrogen and oxygen atoms in total. The van der Waals surface area contributed by atoms with Gasteiger partial charge in [-0.2, -0.15) is 15.2 Å². The Morgan fingerprint density at radius 2 is 1.98 bits per heavy atom. The van der Waals surface area contributed by atoms with Gasteiger partial charge in [-0.3, -0.25) is 4.79 Å². The summed E-state index contributed by atoms with van der Waals surface area (Å²) < 4.78 is 20.1. The molecule has 2 aliphatic heterocycles. The van der Waals surface area contributed by atoms with E-state index in [9.17, 15) is 14.4 Å². The Hall–Kier alpha value is -3.13. The minimum Gasteiger partial charge on any atom is -0.463 e. The summed E-state index contributed by atoms with van der Waals surface area (Å²) in [5.41, 5.74) is 2.65. The highest BCUT2D eigenvalue weighted by Crippen LogP contribution is 2.46. The molecule has 1 saturated heterocycles. The fourth-order valence-corrected chi connectivity index (χ4v) is 6.73. The summed E-state index contributed by atoms with van der Waals surface area (Å²) in [7, 11) is 4.12. The first-order chi connectivity index (χ1) is 20.0. The van der Waals surface area contributed by atoms with Gasteiger partial charge in [0.1, 0.15) is 5.82 Å². The van der Waals surface area contributed by atoms with E-state index in [0.717, 1.165) is 42.1 Å². The van der Waals surface area contributed by atoms with Crippen molar-refractivity contribution in [1.29, 1.82) is 5.26 Å². The van der Waals surface area contributed by atoms with Gasteiger partial charge in [0.15, 0.2) is 5.83 Å². The van der Waals surface area contributed by atoms with E-state index < -0.39 is 17.8 Å². The van der Waals surface area contributed by atoms with Crippen molar-refractivity contribution in [3.8, 4) is 12.1 Å². The summed E-state index contributed by atoms with van der Waals surface area (Å²) in [5.74, 6) is -1.08. The number of hydrogen-bond acceptors (Lipinski definition) is 8. The largest absolute Gasteiger partial charge is 0.463 e. The monoisotopic (exact) mass is 615 g/mol. The quantitative estimate of drug-likeness (QED) is 0.369. The van der Waals surface area contributed by atoms with Gasteiger partial charge in [0.05, 0.1) is 53.1 Å². The van der Waals surface area contributed by atoms with Crippen molar-refractivity contribution in [2.75, 3.05) is 56.7 Å². The van der Waals surface area contributed by atoms with Crippen molar-refractivity contribution < 1.29 is 13.9 Å². The molecular formula is C30H36Cl2FN7O2. The van der Waals surface area contributed by atoms with Crippen molar-refractivity contribution in [3.05, 3.63) is 51.9 Å². The molecule has 1 aromatic heterocycles. The molecule has 224 valence electrons. The Morgan fingerprint density at radius 3 is 2.60 bits per heavy atom. The molecule has 0 bridgehead atoms. The maximum Gasteiger partial charge on any atom is 0.318 e.